The predicted octanol–water partition coefficient (Wildman–Crippen LogP) is 2.09. The molecule has 0 atom stereocenters. The van der Waals surface area contributed by atoms with Gasteiger partial charge in [0.2, 0.25) is 6.33 Å². The monoisotopic (exact) mass is 344 g/mol. The first-order valence-electron chi connectivity index (χ1n) is 5.55. The van der Waals surface area contributed by atoms with Crippen molar-refractivity contribution in [1.82, 2.24) is 4.57 Å². The van der Waals surface area contributed by atoms with Gasteiger partial charge in [0, 0.05) is 3.57 Å². The van der Waals surface area contributed by atoms with Crippen molar-refractivity contribution in [3.8, 4) is 5.75 Å². The van der Waals surface area contributed by atoms with Crippen LogP contribution < -0.4 is 9.67 Å². The second kappa shape index (κ2) is 7.32. The summed E-state index contributed by atoms with van der Waals surface area (Å²) in [5.41, 5.74) is 0. The zero-order valence-electron chi connectivity index (χ0n) is 10.1. The first-order chi connectivity index (χ1) is 8.11. The summed E-state index contributed by atoms with van der Waals surface area (Å²) in [4.78, 5) is 0. The van der Waals surface area contributed by atoms with Gasteiger partial charge < -0.3 is 5.11 Å². The summed E-state index contributed by atoms with van der Waals surface area (Å²) in [6.45, 7) is 3.31. The summed E-state index contributed by atoms with van der Waals surface area (Å²) in [6, 6.07) is 6.70. The van der Waals surface area contributed by atoms with E-state index in [1.54, 1.807) is 24.3 Å². The van der Waals surface area contributed by atoms with E-state index in [4.69, 9.17) is 0 Å². The first-order valence-corrected chi connectivity index (χ1v) is 6.63. The molecule has 0 aliphatic heterocycles. The van der Waals surface area contributed by atoms with Crippen LogP contribution in [0.5, 0.6) is 5.75 Å². The highest BCUT2D eigenvalue weighted by atomic mass is 127. The van der Waals surface area contributed by atoms with Crippen molar-refractivity contribution in [2.24, 2.45) is 7.05 Å². The average molecular weight is 344 g/mol. The lowest BCUT2D eigenvalue weighted by atomic mass is 10.3. The largest absolute Gasteiger partial charge is 0.872 e. The van der Waals surface area contributed by atoms with Crippen LogP contribution in [-0.2, 0) is 13.6 Å². The minimum Gasteiger partial charge on any atom is -0.872 e. The number of benzene rings is 1. The van der Waals surface area contributed by atoms with Gasteiger partial charge in [0.1, 0.15) is 12.4 Å². The van der Waals surface area contributed by atoms with Crippen molar-refractivity contribution in [2.75, 3.05) is 0 Å². The average Bonchev–Trinajstić information content (AvgIpc) is 2.70. The molecular weight excluding hydrogens is 327 g/mol. The van der Waals surface area contributed by atoms with Crippen LogP contribution in [-0.4, -0.2) is 4.57 Å². The lowest BCUT2D eigenvalue weighted by molar-refractivity contribution is -0.671. The number of hydrogen-bond acceptors (Lipinski definition) is 1. The molecule has 0 saturated heterocycles. The molecule has 0 bridgehead atoms. The van der Waals surface area contributed by atoms with Crippen LogP contribution >= 0.6 is 22.6 Å². The molecule has 2 aromatic rings. The molecule has 1 aromatic carbocycles. The van der Waals surface area contributed by atoms with Crippen LogP contribution in [0.4, 0.5) is 0 Å². The Hall–Kier alpha value is -1.04. The van der Waals surface area contributed by atoms with Gasteiger partial charge in [-0.25, -0.2) is 9.13 Å². The van der Waals surface area contributed by atoms with E-state index >= 15 is 0 Å². The second-order valence-electron chi connectivity index (χ2n) is 3.77. The van der Waals surface area contributed by atoms with Crippen LogP contribution in [0.3, 0.4) is 0 Å². The van der Waals surface area contributed by atoms with Gasteiger partial charge in [-0.1, -0.05) is 19.1 Å². The van der Waals surface area contributed by atoms with Crippen molar-refractivity contribution >= 4 is 22.6 Å². The molecule has 1 heterocycles. The highest BCUT2D eigenvalue weighted by Gasteiger charge is 1.94. The maximum absolute atomic E-state index is 10.4. The number of rotatable bonds is 2. The molecule has 1 aromatic heterocycles. The number of nitrogens with zero attached hydrogens (tertiary/aromatic N) is 2. The Morgan fingerprint density at radius 1 is 1.29 bits per heavy atom. The van der Waals surface area contributed by atoms with E-state index in [2.05, 4.69) is 57.4 Å². The quantitative estimate of drug-likeness (QED) is 0.606. The standard InChI is InChI=1S/C7H13N2.C6H5IO/c1-3-4-9-6-5-8(2)7-9;7-5-1-3-6(8)4-2-5/h5-7H,3-4H2,1-2H3;1-4,8H/q+1;/p-1. The molecule has 0 aliphatic carbocycles. The Kier molecular flexibility index (Phi) is 6.04. The number of aromatic nitrogens is 2. The van der Waals surface area contributed by atoms with Gasteiger partial charge in [-0.15, -0.1) is 5.75 Å². The molecule has 0 amide bonds. The Morgan fingerprint density at radius 2 is 1.94 bits per heavy atom. The molecule has 0 saturated carbocycles. The second-order valence-corrected chi connectivity index (χ2v) is 5.02. The summed E-state index contributed by atoms with van der Waals surface area (Å²) < 4.78 is 5.33. The molecule has 0 aliphatic rings. The van der Waals surface area contributed by atoms with Crippen molar-refractivity contribution in [3.63, 3.8) is 0 Å². The van der Waals surface area contributed by atoms with Crippen LogP contribution in [0.15, 0.2) is 43.0 Å². The third-order valence-electron chi connectivity index (χ3n) is 2.12. The predicted molar refractivity (Wildman–Crippen MR) is 74.5 cm³/mol. The zero-order valence-corrected chi connectivity index (χ0v) is 12.3. The SMILES string of the molecule is CCCn1cc[n+](C)c1.[O-]c1ccc(I)cc1. The molecule has 0 fully saturated rings. The zero-order chi connectivity index (χ0) is 12.7. The van der Waals surface area contributed by atoms with Crippen LogP contribution in [0.2, 0.25) is 0 Å². The van der Waals surface area contributed by atoms with Gasteiger partial charge in [0.25, 0.3) is 0 Å². The van der Waals surface area contributed by atoms with Gasteiger partial charge in [-0.2, -0.15) is 0 Å². The smallest absolute Gasteiger partial charge is 0.243 e. The normalized spacial score (nSPS) is 9.59. The molecule has 4 heteroatoms. The number of hydrogen-bond donors (Lipinski definition) is 0. The maximum atomic E-state index is 10.4. The van der Waals surface area contributed by atoms with Crippen molar-refractivity contribution < 1.29 is 9.67 Å². The highest BCUT2D eigenvalue weighted by Crippen LogP contribution is 2.07. The van der Waals surface area contributed by atoms with Crippen molar-refractivity contribution in [3.05, 3.63) is 46.6 Å². The molecule has 0 spiro atoms. The fraction of sp³-hybridized carbons (Fsp3) is 0.308. The van der Waals surface area contributed by atoms with Gasteiger partial charge in [-0.3, -0.25) is 0 Å². The molecular formula is C13H17IN2O. The fourth-order valence-corrected chi connectivity index (χ4v) is 1.69. The summed E-state index contributed by atoms with van der Waals surface area (Å²) in [6.07, 6.45) is 7.43. The number of imidazole rings is 1. The summed E-state index contributed by atoms with van der Waals surface area (Å²) >= 11 is 2.16. The van der Waals surface area contributed by atoms with Gasteiger partial charge in [0.05, 0.1) is 13.6 Å². The molecule has 92 valence electrons. The lowest BCUT2D eigenvalue weighted by Crippen LogP contribution is -2.23. The maximum Gasteiger partial charge on any atom is 0.243 e. The lowest BCUT2D eigenvalue weighted by Gasteiger charge is -2.00. The van der Waals surface area contributed by atoms with Crippen LogP contribution in [0.1, 0.15) is 13.3 Å². The van der Waals surface area contributed by atoms with E-state index in [1.807, 2.05) is 7.05 Å². The number of aryl methyl sites for hydroxylation is 2. The number of halogens is 1. The molecule has 17 heavy (non-hydrogen) atoms. The molecule has 0 unspecified atom stereocenters. The van der Waals surface area contributed by atoms with Gasteiger partial charge in [0.15, 0.2) is 0 Å². The summed E-state index contributed by atoms with van der Waals surface area (Å²) in [5, 5.41) is 10.4. The Labute approximate surface area is 116 Å². The first kappa shape index (κ1) is 14.0. The topological polar surface area (TPSA) is 31.9 Å². The third-order valence-corrected chi connectivity index (χ3v) is 2.84. The molecule has 0 N–H and O–H groups in total. The van der Waals surface area contributed by atoms with E-state index in [1.165, 1.54) is 6.42 Å². The Bertz CT molecular complexity index is 416. The van der Waals surface area contributed by atoms with E-state index in [0.29, 0.717) is 0 Å². The van der Waals surface area contributed by atoms with Gasteiger partial charge in [-0.05, 0) is 41.1 Å². The van der Waals surface area contributed by atoms with Crippen LogP contribution in [0, 0.1) is 3.57 Å². The minimum absolute atomic E-state index is 0.0745. The van der Waals surface area contributed by atoms with Crippen molar-refractivity contribution in [2.45, 2.75) is 19.9 Å². The molecule has 2 rings (SSSR count). The molecule has 0 radical (unpaired) electrons. The Morgan fingerprint density at radius 3 is 2.35 bits per heavy atom. The van der Waals surface area contributed by atoms with E-state index in [9.17, 15) is 5.11 Å². The Balaban J connectivity index is 0.000000171. The fourth-order valence-electron chi connectivity index (χ4n) is 1.33. The summed E-state index contributed by atoms with van der Waals surface area (Å²) in [7, 11) is 2.03. The van der Waals surface area contributed by atoms with E-state index in [0.717, 1.165) is 10.1 Å². The highest BCUT2D eigenvalue weighted by molar-refractivity contribution is 14.1. The van der Waals surface area contributed by atoms with Gasteiger partial charge >= 0.3 is 0 Å². The van der Waals surface area contributed by atoms with E-state index in [-0.39, 0.29) is 5.75 Å². The summed E-state index contributed by atoms with van der Waals surface area (Å²) in [5.74, 6) is 0.0745. The minimum atomic E-state index is 0.0745. The molecule has 3 nitrogen and oxygen atoms in total. The van der Waals surface area contributed by atoms with E-state index < -0.39 is 0 Å². The van der Waals surface area contributed by atoms with Crippen LogP contribution in [0.25, 0.3) is 0 Å². The third kappa shape index (κ3) is 5.72. The van der Waals surface area contributed by atoms with Crippen molar-refractivity contribution in [1.29, 1.82) is 0 Å².